The summed E-state index contributed by atoms with van der Waals surface area (Å²) in [5.41, 5.74) is 8.47. The van der Waals surface area contributed by atoms with Gasteiger partial charge in [0.05, 0.1) is 0 Å². The maximum atomic E-state index is 5.73. The highest BCUT2D eigenvalue weighted by Crippen LogP contribution is 2.35. The summed E-state index contributed by atoms with van der Waals surface area (Å²) in [5, 5.41) is 12.1. The molecule has 0 radical (unpaired) electrons. The molecule has 2 N–H and O–H groups in total. The van der Waals surface area contributed by atoms with Crippen molar-refractivity contribution in [3.05, 3.63) is 54.1 Å². The number of nitrogens with zero attached hydrogens (tertiary/aromatic N) is 4. The third kappa shape index (κ3) is 1.92. The molecule has 2 heterocycles. The molecule has 1 aromatic heterocycles. The summed E-state index contributed by atoms with van der Waals surface area (Å²) >= 11 is 0. The fourth-order valence-corrected chi connectivity index (χ4v) is 2.57. The van der Waals surface area contributed by atoms with Gasteiger partial charge in [0.25, 0.3) is 0 Å². The molecule has 6 heteroatoms. The van der Waals surface area contributed by atoms with Crippen LogP contribution in [0.1, 0.15) is 11.6 Å². The van der Waals surface area contributed by atoms with Crippen LogP contribution in [0.4, 0.5) is 5.69 Å². The highest BCUT2D eigenvalue weighted by molar-refractivity contribution is 5.59. The zero-order valence-electron chi connectivity index (χ0n) is 11.2. The molecule has 6 nitrogen and oxygen atoms in total. The smallest absolute Gasteiger partial charge is 0.182 e. The highest BCUT2D eigenvalue weighted by Gasteiger charge is 2.28. The summed E-state index contributed by atoms with van der Waals surface area (Å²) in [6, 6.07) is 15.5. The molecular formula is C15H13N5O. The van der Waals surface area contributed by atoms with Crippen molar-refractivity contribution in [1.29, 1.82) is 0 Å². The Kier molecular flexibility index (Phi) is 2.60. The van der Waals surface area contributed by atoms with Crippen LogP contribution < -0.4 is 10.5 Å². The summed E-state index contributed by atoms with van der Waals surface area (Å²) < 4.78 is 7.51. The van der Waals surface area contributed by atoms with Gasteiger partial charge in [0, 0.05) is 16.8 Å². The van der Waals surface area contributed by atoms with Crippen molar-refractivity contribution in [2.75, 3.05) is 12.3 Å². The average molecular weight is 279 g/mol. The first kappa shape index (κ1) is 11.9. The highest BCUT2D eigenvalue weighted by atomic mass is 16.5. The second-order valence-electron chi connectivity index (χ2n) is 4.93. The largest absolute Gasteiger partial charge is 0.491 e. The van der Waals surface area contributed by atoms with E-state index >= 15 is 0 Å². The Bertz CT molecular complexity index is 781. The normalized spacial score (nSPS) is 16.5. The topological polar surface area (TPSA) is 78.9 Å². The van der Waals surface area contributed by atoms with Gasteiger partial charge < -0.3 is 10.5 Å². The molecule has 3 aromatic rings. The fraction of sp³-hybridized carbons (Fsp3) is 0.133. The summed E-state index contributed by atoms with van der Waals surface area (Å²) in [6.45, 7) is 0.534. The Balaban J connectivity index is 1.78. The van der Waals surface area contributed by atoms with Gasteiger partial charge in [-0.1, -0.05) is 18.2 Å². The first-order valence-corrected chi connectivity index (χ1v) is 6.68. The van der Waals surface area contributed by atoms with Crippen LogP contribution in [0.25, 0.3) is 11.4 Å². The molecule has 0 spiro atoms. The second kappa shape index (κ2) is 4.59. The van der Waals surface area contributed by atoms with E-state index in [1.54, 1.807) is 4.68 Å². The Labute approximate surface area is 121 Å². The van der Waals surface area contributed by atoms with Gasteiger partial charge in [0.15, 0.2) is 5.82 Å². The Hall–Kier alpha value is -2.89. The summed E-state index contributed by atoms with van der Waals surface area (Å²) in [5.74, 6) is 1.60. The van der Waals surface area contributed by atoms with Crippen LogP contribution in [-0.4, -0.2) is 26.8 Å². The molecule has 0 bridgehead atoms. The fourth-order valence-electron chi connectivity index (χ4n) is 2.57. The second-order valence-corrected chi connectivity index (χ2v) is 4.93. The third-order valence-corrected chi connectivity index (χ3v) is 3.63. The van der Waals surface area contributed by atoms with Gasteiger partial charge in [0.2, 0.25) is 0 Å². The number of fused-ring (bicyclic) bond motifs is 1. The van der Waals surface area contributed by atoms with Gasteiger partial charge in [-0.05, 0) is 40.8 Å². The molecule has 0 saturated carbocycles. The van der Waals surface area contributed by atoms with E-state index in [2.05, 4.69) is 15.5 Å². The van der Waals surface area contributed by atoms with Crippen LogP contribution in [0.3, 0.4) is 0 Å². The van der Waals surface area contributed by atoms with Gasteiger partial charge in [0.1, 0.15) is 18.4 Å². The van der Waals surface area contributed by atoms with Crippen molar-refractivity contribution in [1.82, 2.24) is 20.2 Å². The molecule has 1 aliphatic rings. The quantitative estimate of drug-likeness (QED) is 0.725. The molecular weight excluding hydrogens is 266 g/mol. The van der Waals surface area contributed by atoms with E-state index in [1.807, 2.05) is 48.5 Å². The zero-order valence-corrected chi connectivity index (χ0v) is 11.2. The van der Waals surface area contributed by atoms with Crippen LogP contribution in [0, 0.1) is 0 Å². The van der Waals surface area contributed by atoms with Crippen molar-refractivity contribution in [2.45, 2.75) is 6.04 Å². The molecule has 1 aliphatic heterocycles. The van der Waals surface area contributed by atoms with Crippen LogP contribution in [0.5, 0.6) is 5.75 Å². The number of aromatic nitrogens is 4. The number of para-hydroxylation sites is 1. The van der Waals surface area contributed by atoms with E-state index < -0.39 is 0 Å². The Morgan fingerprint density at radius 3 is 2.76 bits per heavy atom. The molecule has 1 atom stereocenters. The first-order valence-electron chi connectivity index (χ1n) is 6.68. The van der Waals surface area contributed by atoms with Crippen molar-refractivity contribution in [2.24, 2.45) is 0 Å². The van der Waals surface area contributed by atoms with E-state index in [0.717, 1.165) is 16.9 Å². The van der Waals surface area contributed by atoms with E-state index in [9.17, 15) is 0 Å². The maximum absolute atomic E-state index is 5.73. The number of nitrogens with two attached hydrogens (primary N) is 1. The third-order valence-electron chi connectivity index (χ3n) is 3.63. The molecule has 0 aliphatic carbocycles. The number of rotatable bonds is 2. The molecule has 2 aromatic carbocycles. The zero-order chi connectivity index (χ0) is 14.2. The Morgan fingerprint density at radius 1 is 1.10 bits per heavy atom. The molecule has 104 valence electrons. The predicted molar refractivity (Wildman–Crippen MR) is 77.7 cm³/mol. The van der Waals surface area contributed by atoms with E-state index in [-0.39, 0.29) is 6.04 Å². The van der Waals surface area contributed by atoms with Gasteiger partial charge in [-0.3, -0.25) is 0 Å². The van der Waals surface area contributed by atoms with E-state index in [4.69, 9.17) is 10.5 Å². The number of tetrazole rings is 1. The van der Waals surface area contributed by atoms with Gasteiger partial charge in [-0.2, -0.15) is 0 Å². The van der Waals surface area contributed by atoms with E-state index in [0.29, 0.717) is 18.1 Å². The molecule has 21 heavy (non-hydrogen) atoms. The van der Waals surface area contributed by atoms with Gasteiger partial charge in [-0.15, -0.1) is 5.10 Å². The lowest BCUT2D eigenvalue weighted by molar-refractivity contribution is 0.307. The number of nitrogen functional groups attached to an aromatic ring is 1. The monoisotopic (exact) mass is 279 g/mol. The van der Waals surface area contributed by atoms with Crippen molar-refractivity contribution < 1.29 is 4.74 Å². The molecule has 0 fully saturated rings. The summed E-state index contributed by atoms with van der Waals surface area (Å²) in [7, 11) is 0. The Morgan fingerprint density at radius 2 is 1.90 bits per heavy atom. The molecule has 0 amide bonds. The number of ether oxygens (including phenoxy) is 1. The molecule has 4 rings (SSSR count). The van der Waals surface area contributed by atoms with Gasteiger partial charge in [-0.25, -0.2) is 4.68 Å². The number of anilines is 1. The standard InChI is InChI=1S/C15H13N5O/c16-11-7-5-10(6-8-11)15-17-18-19-20(15)13-9-21-14-4-2-1-3-12(13)14/h1-8,13H,9,16H2. The number of hydrogen-bond donors (Lipinski definition) is 1. The lowest BCUT2D eigenvalue weighted by atomic mass is 10.1. The van der Waals surface area contributed by atoms with Crippen molar-refractivity contribution in [3.8, 4) is 17.1 Å². The lowest BCUT2D eigenvalue weighted by Crippen LogP contribution is -2.15. The summed E-state index contributed by atoms with van der Waals surface area (Å²) in [6.07, 6.45) is 0. The minimum absolute atomic E-state index is 0.0104. The van der Waals surface area contributed by atoms with Gasteiger partial charge >= 0.3 is 0 Å². The molecule has 1 unspecified atom stereocenters. The average Bonchev–Trinajstić information content (AvgIpc) is 3.14. The van der Waals surface area contributed by atoms with Crippen LogP contribution in [-0.2, 0) is 0 Å². The number of benzene rings is 2. The maximum Gasteiger partial charge on any atom is 0.182 e. The van der Waals surface area contributed by atoms with E-state index in [1.165, 1.54) is 0 Å². The molecule has 0 saturated heterocycles. The lowest BCUT2D eigenvalue weighted by Gasteiger charge is -2.11. The SMILES string of the molecule is Nc1ccc(-c2nnnn2C2COc3ccccc32)cc1. The summed E-state index contributed by atoms with van der Waals surface area (Å²) in [4.78, 5) is 0. The van der Waals surface area contributed by atoms with Crippen molar-refractivity contribution in [3.63, 3.8) is 0 Å². The first-order chi connectivity index (χ1) is 10.3. The van der Waals surface area contributed by atoms with Crippen LogP contribution in [0.2, 0.25) is 0 Å². The minimum Gasteiger partial charge on any atom is -0.491 e. The van der Waals surface area contributed by atoms with Crippen molar-refractivity contribution >= 4 is 5.69 Å². The van der Waals surface area contributed by atoms with Crippen LogP contribution in [0.15, 0.2) is 48.5 Å². The number of hydrogen-bond acceptors (Lipinski definition) is 5. The predicted octanol–water partition coefficient (Wildman–Crippen LogP) is 1.90. The minimum atomic E-state index is -0.0104. The van der Waals surface area contributed by atoms with Crippen LogP contribution >= 0.6 is 0 Å².